The van der Waals surface area contributed by atoms with Crippen molar-refractivity contribution in [2.24, 2.45) is 5.92 Å². The lowest BCUT2D eigenvalue weighted by Crippen LogP contribution is -2.46. The Morgan fingerprint density at radius 1 is 1.09 bits per heavy atom. The van der Waals surface area contributed by atoms with Gasteiger partial charge in [0.15, 0.2) is 0 Å². The highest BCUT2D eigenvalue weighted by atomic mass is 16.5. The van der Waals surface area contributed by atoms with Gasteiger partial charge in [-0.2, -0.15) is 0 Å². The lowest BCUT2D eigenvalue weighted by atomic mass is 9.94. The Morgan fingerprint density at radius 2 is 1.79 bits per heavy atom. The Morgan fingerprint density at radius 3 is 2.48 bits per heavy atom. The molecular formula is C26H29N3O4. The van der Waals surface area contributed by atoms with Crippen LogP contribution in [-0.2, 0) is 14.3 Å². The lowest BCUT2D eigenvalue weighted by molar-refractivity contribution is -0.143. The fraction of sp³-hybridized carbons (Fsp3) is 0.346. The molecule has 1 heterocycles. The number of urea groups is 1. The molecule has 4 rings (SSSR count). The average Bonchev–Trinajstić information content (AvgIpc) is 3.58. The van der Waals surface area contributed by atoms with Gasteiger partial charge in [0.2, 0.25) is 5.91 Å². The molecule has 0 unspecified atom stereocenters. The minimum Gasteiger partial charge on any atom is -0.459 e. The fourth-order valence-corrected chi connectivity index (χ4v) is 4.21. The predicted octanol–water partition coefficient (Wildman–Crippen LogP) is 4.35. The summed E-state index contributed by atoms with van der Waals surface area (Å²) >= 11 is 0. The molecule has 1 aliphatic heterocycles. The van der Waals surface area contributed by atoms with Crippen LogP contribution in [0.25, 0.3) is 0 Å². The smallest absolute Gasteiger partial charge is 0.338 e. The standard InChI is InChI=1S/C26H29N3O4/c1-15(2)33-25(31)22-16(3)29(4)26(32)28-23(22)18-11-8-12-19(13-18)27-24(30)21-14-20(21)17-9-6-5-7-10-17/h5-13,15,20-21,23H,14H2,1-4H3,(H,27,30)(H,28,32)/t20-,21+,23-/m0/s1. The van der Waals surface area contributed by atoms with Crippen LogP contribution in [0.3, 0.4) is 0 Å². The maximum atomic E-state index is 12.9. The van der Waals surface area contributed by atoms with Crippen molar-refractivity contribution in [3.63, 3.8) is 0 Å². The molecule has 1 saturated carbocycles. The number of nitrogens with zero attached hydrogens (tertiary/aromatic N) is 1. The maximum absolute atomic E-state index is 12.9. The zero-order valence-electron chi connectivity index (χ0n) is 19.3. The van der Waals surface area contributed by atoms with Crippen LogP contribution in [0.4, 0.5) is 10.5 Å². The number of rotatable bonds is 6. The van der Waals surface area contributed by atoms with Crippen molar-refractivity contribution in [3.05, 3.63) is 77.0 Å². The van der Waals surface area contributed by atoms with Crippen LogP contribution in [0.15, 0.2) is 65.9 Å². The molecule has 3 amide bonds. The van der Waals surface area contributed by atoms with Crippen LogP contribution in [0.5, 0.6) is 0 Å². The van der Waals surface area contributed by atoms with Gasteiger partial charge < -0.3 is 20.3 Å². The number of benzene rings is 2. The highest BCUT2D eigenvalue weighted by Crippen LogP contribution is 2.48. The number of carbonyl (C=O) groups excluding carboxylic acids is 3. The first-order valence-electron chi connectivity index (χ1n) is 11.2. The van der Waals surface area contributed by atoms with E-state index in [1.165, 1.54) is 10.5 Å². The van der Waals surface area contributed by atoms with Gasteiger partial charge in [-0.15, -0.1) is 0 Å². The minimum atomic E-state index is -0.671. The van der Waals surface area contributed by atoms with Gasteiger partial charge >= 0.3 is 12.0 Å². The van der Waals surface area contributed by atoms with Gasteiger partial charge in [0.1, 0.15) is 0 Å². The SMILES string of the molecule is CC1=C(C(=O)OC(C)C)[C@H](c2cccc(NC(=O)[C@@H]3C[C@H]3c3ccccc3)c2)NC(=O)N1C. The summed E-state index contributed by atoms with van der Waals surface area (Å²) in [6.45, 7) is 5.29. The van der Waals surface area contributed by atoms with Crippen LogP contribution < -0.4 is 10.6 Å². The van der Waals surface area contributed by atoms with Gasteiger partial charge in [-0.25, -0.2) is 9.59 Å². The number of hydrogen-bond acceptors (Lipinski definition) is 4. The van der Waals surface area contributed by atoms with E-state index in [1.807, 2.05) is 36.4 Å². The Hall–Kier alpha value is -3.61. The van der Waals surface area contributed by atoms with Crippen LogP contribution >= 0.6 is 0 Å². The molecule has 2 aliphatic rings. The maximum Gasteiger partial charge on any atom is 0.338 e. The first kappa shape index (κ1) is 22.6. The molecule has 7 nitrogen and oxygen atoms in total. The molecular weight excluding hydrogens is 418 g/mol. The molecule has 7 heteroatoms. The number of amides is 3. The van der Waals surface area contributed by atoms with E-state index in [0.29, 0.717) is 22.5 Å². The van der Waals surface area contributed by atoms with E-state index in [0.717, 1.165) is 6.42 Å². The molecule has 3 atom stereocenters. The van der Waals surface area contributed by atoms with Crippen LogP contribution in [0.1, 0.15) is 50.3 Å². The number of hydrogen-bond donors (Lipinski definition) is 2. The summed E-state index contributed by atoms with van der Waals surface area (Å²) in [7, 11) is 1.61. The molecule has 172 valence electrons. The number of allylic oxidation sites excluding steroid dienone is 1. The Balaban J connectivity index is 1.54. The summed E-state index contributed by atoms with van der Waals surface area (Å²) < 4.78 is 5.44. The number of carbonyl (C=O) groups is 3. The van der Waals surface area contributed by atoms with E-state index in [1.54, 1.807) is 46.0 Å². The highest BCUT2D eigenvalue weighted by Gasteiger charge is 2.44. The fourth-order valence-electron chi connectivity index (χ4n) is 4.21. The molecule has 0 aromatic heterocycles. The van der Waals surface area contributed by atoms with Crippen molar-refractivity contribution in [2.75, 3.05) is 12.4 Å². The molecule has 0 radical (unpaired) electrons. The van der Waals surface area contributed by atoms with Crippen molar-refractivity contribution < 1.29 is 19.1 Å². The Bertz CT molecular complexity index is 1110. The van der Waals surface area contributed by atoms with E-state index in [4.69, 9.17) is 4.74 Å². The first-order chi connectivity index (χ1) is 15.8. The Kier molecular flexibility index (Phi) is 6.22. The van der Waals surface area contributed by atoms with E-state index in [9.17, 15) is 14.4 Å². The first-order valence-corrected chi connectivity index (χ1v) is 11.2. The van der Waals surface area contributed by atoms with E-state index < -0.39 is 12.0 Å². The topological polar surface area (TPSA) is 87.7 Å². The van der Waals surface area contributed by atoms with Gasteiger partial charge in [-0.3, -0.25) is 4.79 Å². The summed E-state index contributed by atoms with van der Waals surface area (Å²) in [5, 5.41) is 5.87. The third kappa shape index (κ3) is 4.77. The second-order valence-electron chi connectivity index (χ2n) is 8.87. The molecule has 2 aromatic carbocycles. The van der Waals surface area contributed by atoms with Crippen molar-refractivity contribution in [1.29, 1.82) is 0 Å². The molecule has 1 aliphatic carbocycles. The van der Waals surface area contributed by atoms with Crippen molar-refractivity contribution in [2.45, 2.75) is 45.3 Å². The third-order valence-electron chi connectivity index (χ3n) is 6.16. The normalized spacial score (nSPS) is 22.2. The summed E-state index contributed by atoms with van der Waals surface area (Å²) in [4.78, 5) is 39.5. The largest absolute Gasteiger partial charge is 0.459 e. The monoisotopic (exact) mass is 447 g/mol. The number of anilines is 1. The number of ether oxygens (including phenoxy) is 1. The van der Waals surface area contributed by atoms with Gasteiger partial charge in [-0.1, -0.05) is 42.5 Å². The van der Waals surface area contributed by atoms with Gasteiger partial charge in [-0.05, 0) is 56.4 Å². The molecule has 2 N–H and O–H groups in total. The average molecular weight is 448 g/mol. The number of nitrogens with one attached hydrogen (secondary N) is 2. The zero-order valence-corrected chi connectivity index (χ0v) is 19.3. The number of esters is 1. The molecule has 0 spiro atoms. The highest BCUT2D eigenvalue weighted by molar-refractivity contribution is 5.96. The quantitative estimate of drug-likeness (QED) is 0.645. The summed E-state index contributed by atoms with van der Waals surface area (Å²) in [6.07, 6.45) is 0.538. The summed E-state index contributed by atoms with van der Waals surface area (Å²) in [5.74, 6) is -0.319. The predicted molar refractivity (Wildman–Crippen MR) is 125 cm³/mol. The summed E-state index contributed by atoms with van der Waals surface area (Å²) in [6, 6.07) is 16.3. The van der Waals surface area contributed by atoms with Crippen molar-refractivity contribution in [3.8, 4) is 0 Å². The van der Waals surface area contributed by atoms with E-state index in [-0.39, 0.29) is 29.9 Å². The molecule has 0 bridgehead atoms. The van der Waals surface area contributed by atoms with Crippen molar-refractivity contribution >= 4 is 23.6 Å². The van der Waals surface area contributed by atoms with Gasteiger partial charge in [0, 0.05) is 24.4 Å². The van der Waals surface area contributed by atoms with Crippen LogP contribution in [-0.4, -0.2) is 36.0 Å². The zero-order chi connectivity index (χ0) is 23.7. The van der Waals surface area contributed by atoms with Gasteiger partial charge in [0.25, 0.3) is 0 Å². The Labute approximate surface area is 193 Å². The van der Waals surface area contributed by atoms with Gasteiger partial charge in [0.05, 0.1) is 17.7 Å². The summed E-state index contributed by atoms with van der Waals surface area (Å²) in [5.41, 5.74) is 3.40. The van der Waals surface area contributed by atoms with Crippen molar-refractivity contribution in [1.82, 2.24) is 10.2 Å². The molecule has 0 saturated heterocycles. The molecule has 2 aromatic rings. The minimum absolute atomic E-state index is 0.0282. The molecule has 33 heavy (non-hydrogen) atoms. The third-order valence-corrected chi connectivity index (χ3v) is 6.16. The van der Waals surface area contributed by atoms with Crippen LogP contribution in [0, 0.1) is 5.92 Å². The lowest BCUT2D eigenvalue weighted by Gasteiger charge is -2.33. The molecule has 1 fully saturated rings. The second kappa shape index (κ2) is 9.10. The van der Waals surface area contributed by atoms with E-state index in [2.05, 4.69) is 10.6 Å². The second-order valence-corrected chi connectivity index (χ2v) is 8.87. The van der Waals surface area contributed by atoms with Crippen LogP contribution in [0.2, 0.25) is 0 Å². The van der Waals surface area contributed by atoms with E-state index >= 15 is 0 Å².